The van der Waals surface area contributed by atoms with Crippen molar-refractivity contribution in [2.75, 3.05) is 0 Å². The smallest absolute Gasteiger partial charge is 0.343 e. The Hall–Kier alpha value is -2.40. The highest BCUT2D eigenvalue weighted by Crippen LogP contribution is 2.26. The molecular formula is C15H12ClNO4. The Kier molecular flexibility index (Phi) is 4.23. The van der Waals surface area contributed by atoms with Crippen LogP contribution in [-0.4, -0.2) is 10.9 Å². The second-order valence-electron chi connectivity index (χ2n) is 4.64. The zero-order valence-corrected chi connectivity index (χ0v) is 12.2. The zero-order chi connectivity index (χ0) is 15.6. The Morgan fingerprint density at radius 1 is 1.14 bits per heavy atom. The number of ether oxygens (including phenoxy) is 1. The Morgan fingerprint density at radius 3 is 2.33 bits per heavy atom. The van der Waals surface area contributed by atoms with E-state index in [9.17, 15) is 14.9 Å². The van der Waals surface area contributed by atoms with Crippen LogP contribution >= 0.6 is 11.6 Å². The summed E-state index contributed by atoms with van der Waals surface area (Å²) >= 11 is 5.70. The number of benzene rings is 2. The van der Waals surface area contributed by atoms with Crippen LogP contribution in [0.3, 0.4) is 0 Å². The van der Waals surface area contributed by atoms with Crippen molar-refractivity contribution in [1.82, 2.24) is 0 Å². The van der Waals surface area contributed by atoms with Gasteiger partial charge in [-0.25, -0.2) is 4.79 Å². The molecule has 0 spiro atoms. The summed E-state index contributed by atoms with van der Waals surface area (Å²) in [5.74, 6) is -0.269. The van der Waals surface area contributed by atoms with Crippen molar-refractivity contribution in [3.63, 3.8) is 0 Å². The number of nitro benzene ring substituents is 1. The quantitative estimate of drug-likeness (QED) is 0.371. The highest BCUT2D eigenvalue weighted by molar-refractivity contribution is 6.32. The maximum Gasteiger partial charge on any atom is 0.343 e. The fourth-order valence-corrected chi connectivity index (χ4v) is 2.12. The number of hydrogen-bond acceptors (Lipinski definition) is 4. The maximum atomic E-state index is 12.0. The van der Waals surface area contributed by atoms with Crippen molar-refractivity contribution in [2.45, 2.75) is 13.8 Å². The lowest BCUT2D eigenvalue weighted by Crippen LogP contribution is -2.09. The molecule has 0 aliphatic heterocycles. The molecular weight excluding hydrogens is 294 g/mol. The van der Waals surface area contributed by atoms with E-state index in [0.29, 0.717) is 5.75 Å². The topological polar surface area (TPSA) is 69.4 Å². The third kappa shape index (κ3) is 3.58. The second kappa shape index (κ2) is 5.93. The SMILES string of the molecule is Cc1cc(C)cc(OC(=O)c2ccc(Cl)c([N+](=O)[O-])c2)c1. The van der Waals surface area contributed by atoms with Gasteiger partial charge in [-0.15, -0.1) is 0 Å². The molecule has 0 aliphatic rings. The predicted molar refractivity (Wildman–Crippen MR) is 79.0 cm³/mol. The molecule has 0 saturated heterocycles. The van der Waals surface area contributed by atoms with Crippen molar-refractivity contribution < 1.29 is 14.5 Å². The van der Waals surface area contributed by atoms with Gasteiger partial charge in [0.15, 0.2) is 0 Å². The van der Waals surface area contributed by atoms with Crippen molar-refractivity contribution in [3.8, 4) is 5.75 Å². The second-order valence-corrected chi connectivity index (χ2v) is 5.04. The largest absolute Gasteiger partial charge is 0.423 e. The standard InChI is InChI=1S/C15H12ClNO4/c1-9-5-10(2)7-12(6-9)21-15(18)11-3-4-13(16)14(8-11)17(19)20/h3-8H,1-2H3. The lowest BCUT2D eigenvalue weighted by molar-refractivity contribution is -0.384. The van der Waals surface area contributed by atoms with Crippen LogP contribution in [-0.2, 0) is 0 Å². The monoisotopic (exact) mass is 305 g/mol. The minimum absolute atomic E-state index is 0.0250. The lowest BCUT2D eigenvalue weighted by Gasteiger charge is -2.07. The Bertz CT molecular complexity index is 707. The van der Waals surface area contributed by atoms with Crippen molar-refractivity contribution >= 4 is 23.3 Å². The van der Waals surface area contributed by atoms with E-state index in [1.54, 1.807) is 12.1 Å². The molecule has 5 nitrogen and oxygen atoms in total. The Labute approximate surface area is 126 Å². The van der Waals surface area contributed by atoms with Gasteiger partial charge >= 0.3 is 5.97 Å². The molecule has 0 amide bonds. The van der Waals surface area contributed by atoms with Crippen molar-refractivity contribution in [3.05, 3.63) is 68.2 Å². The molecule has 2 aromatic carbocycles. The molecule has 0 bridgehead atoms. The minimum Gasteiger partial charge on any atom is -0.423 e. The van der Waals surface area contributed by atoms with Gasteiger partial charge in [-0.1, -0.05) is 17.7 Å². The van der Waals surface area contributed by atoms with Crippen LogP contribution < -0.4 is 4.74 Å². The van der Waals surface area contributed by atoms with Gasteiger partial charge in [0.05, 0.1) is 10.5 Å². The average Bonchev–Trinajstić information content (AvgIpc) is 2.37. The molecule has 0 aliphatic carbocycles. The van der Waals surface area contributed by atoms with Gasteiger partial charge in [0.1, 0.15) is 10.8 Å². The molecule has 2 aromatic rings. The van der Waals surface area contributed by atoms with Crippen LogP contribution in [0.15, 0.2) is 36.4 Å². The molecule has 0 fully saturated rings. The summed E-state index contributed by atoms with van der Waals surface area (Å²) in [5.41, 5.74) is 1.66. The molecule has 0 aromatic heterocycles. The van der Waals surface area contributed by atoms with Gasteiger partial charge in [0.2, 0.25) is 0 Å². The zero-order valence-electron chi connectivity index (χ0n) is 11.4. The molecule has 2 rings (SSSR count). The number of nitrogens with zero attached hydrogens (tertiary/aromatic N) is 1. The van der Waals surface area contributed by atoms with E-state index in [1.807, 2.05) is 19.9 Å². The van der Waals surface area contributed by atoms with Gasteiger partial charge in [-0.3, -0.25) is 10.1 Å². The van der Waals surface area contributed by atoms with Crippen LogP contribution in [0.4, 0.5) is 5.69 Å². The van der Waals surface area contributed by atoms with Crippen LogP contribution in [0.1, 0.15) is 21.5 Å². The normalized spacial score (nSPS) is 10.2. The number of carbonyl (C=O) groups is 1. The summed E-state index contributed by atoms with van der Waals surface area (Å²) < 4.78 is 5.23. The molecule has 6 heteroatoms. The average molecular weight is 306 g/mol. The number of nitro groups is 1. The van der Waals surface area contributed by atoms with Gasteiger partial charge in [-0.05, 0) is 49.2 Å². The molecule has 108 valence electrons. The minimum atomic E-state index is -0.667. The molecule has 21 heavy (non-hydrogen) atoms. The summed E-state index contributed by atoms with van der Waals surface area (Å²) in [5, 5.41) is 10.8. The van der Waals surface area contributed by atoms with Crippen LogP contribution in [0.25, 0.3) is 0 Å². The van der Waals surface area contributed by atoms with Gasteiger partial charge in [0.25, 0.3) is 5.69 Å². The van der Waals surface area contributed by atoms with Gasteiger partial charge in [0, 0.05) is 6.07 Å². The molecule has 0 saturated carbocycles. The van der Waals surface area contributed by atoms with E-state index < -0.39 is 10.9 Å². The van der Waals surface area contributed by atoms with Crippen molar-refractivity contribution in [1.29, 1.82) is 0 Å². The van der Waals surface area contributed by atoms with E-state index in [-0.39, 0.29) is 16.3 Å². The molecule has 0 radical (unpaired) electrons. The number of carbonyl (C=O) groups excluding carboxylic acids is 1. The van der Waals surface area contributed by atoms with E-state index in [0.717, 1.165) is 17.2 Å². The first-order chi connectivity index (χ1) is 9.86. The number of halogens is 1. The van der Waals surface area contributed by atoms with E-state index >= 15 is 0 Å². The van der Waals surface area contributed by atoms with Crippen LogP contribution in [0, 0.1) is 24.0 Å². The van der Waals surface area contributed by atoms with Gasteiger partial charge < -0.3 is 4.74 Å². The fraction of sp³-hybridized carbons (Fsp3) is 0.133. The summed E-state index contributed by atoms with van der Waals surface area (Å²) in [7, 11) is 0. The third-order valence-electron chi connectivity index (χ3n) is 2.78. The first kappa shape index (κ1) is 15.0. The number of aryl methyl sites for hydroxylation is 2. The number of esters is 1. The summed E-state index contributed by atoms with van der Waals surface area (Å²) in [6, 6.07) is 9.18. The van der Waals surface area contributed by atoms with Gasteiger partial charge in [-0.2, -0.15) is 0 Å². The first-order valence-corrected chi connectivity index (χ1v) is 6.49. The highest BCUT2D eigenvalue weighted by atomic mass is 35.5. The summed E-state index contributed by atoms with van der Waals surface area (Å²) in [6.07, 6.45) is 0. The fourth-order valence-electron chi connectivity index (χ4n) is 1.94. The van der Waals surface area contributed by atoms with Crippen LogP contribution in [0.2, 0.25) is 5.02 Å². The molecule has 0 N–H and O–H groups in total. The first-order valence-electron chi connectivity index (χ1n) is 6.11. The van der Waals surface area contributed by atoms with Crippen LogP contribution in [0.5, 0.6) is 5.75 Å². The van der Waals surface area contributed by atoms with E-state index in [1.165, 1.54) is 12.1 Å². The summed E-state index contributed by atoms with van der Waals surface area (Å²) in [4.78, 5) is 22.2. The molecule has 0 atom stereocenters. The number of rotatable bonds is 3. The van der Waals surface area contributed by atoms with E-state index in [2.05, 4.69) is 0 Å². The number of hydrogen-bond donors (Lipinski definition) is 0. The van der Waals surface area contributed by atoms with E-state index in [4.69, 9.17) is 16.3 Å². The Morgan fingerprint density at radius 2 is 1.76 bits per heavy atom. The van der Waals surface area contributed by atoms with Crippen molar-refractivity contribution in [2.24, 2.45) is 0 Å². The summed E-state index contributed by atoms with van der Waals surface area (Å²) in [6.45, 7) is 3.77. The highest BCUT2D eigenvalue weighted by Gasteiger charge is 2.17. The predicted octanol–water partition coefficient (Wildman–Crippen LogP) is 4.08. The Balaban J connectivity index is 2.28. The molecule has 0 heterocycles. The molecule has 0 unspecified atom stereocenters. The maximum absolute atomic E-state index is 12.0. The lowest BCUT2D eigenvalue weighted by atomic mass is 10.1. The third-order valence-corrected chi connectivity index (χ3v) is 3.10.